The minimum Gasteiger partial charge on any atom is -0.384 e. The van der Waals surface area contributed by atoms with E-state index in [1.807, 2.05) is 42.5 Å². The third-order valence-corrected chi connectivity index (χ3v) is 4.25. The molecule has 0 amide bonds. The molecule has 1 aliphatic carbocycles. The molecule has 104 valence electrons. The van der Waals surface area contributed by atoms with E-state index < -0.39 is 6.10 Å². The minimum absolute atomic E-state index is 0.576. The third kappa shape index (κ3) is 2.32. The van der Waals surface area contributed by atoms with E-state index >= 15 is 0 Å². The second-order valence-electron chi connectivity index (χ2n) is 5.76. The van der Waals surface area contributed by atoms with Gasteiger partial charge in [0.25, 0.3) is 0 Å². The molecule has 1 N–H and O–H groups in total. The van der Waals surface area contributed by atoms with Gasteiger partial charge in [-0.25, -0.2) is 0 Å². The highest BCUT2D eigenvalue weighted by Gasteiger charge is 2.28. The lowest BCUT2D eigenvalue weighted by Crippen LogP contribution is -2.03. The van der Waals surface area contributed by atoms with Crippen LogP contribution in [0.25, 0.3) is 10.9 Å². The van der Waals surface area contributed by atoms with E-state index in [4.69, 9.17) is 0 Å². The summed E-state index contributed by atoms with van der Waals surface area (Å²) >= 11 is 0. The molecule has 0 spiro atoms. The van der Waals surface area contributed by atoms with Gasteiger partial charge in [0.1, 0.15) is 6.10 Å². The molecule has 1 saturated carbocycles. The van der Waals surface area contributed by atoms with Crippen LogP contribution in [0.1, 0.15) is 41.6 Å². The number of fused-ring (bicyclic) bond motifs is 1. The molecule has 0 saturated heterocycles. The van der Waals surface area contributed by atoms with Crippen LogP contribution in [0.3, 0.4) is 0 Å². The van der Waals surface area contributed by atoms with Crippen molar-refractivity contribution in [2.75, 3.05) is 0 Å². The van der Waals surface area contributed by atoms with Crippen LogP contribution in [0.4, 0.5) is 0 Å². The molecule has 2 nitrogen and oxygen atoms in total. The normalized spacial score (nSPS) is 16.0. The van der Waals surface area contributed by atoms with Gasteiger partial charge in [-0.15, -0.1) is 0 Å². The van der Waals surface area contributed by atoms with Crippen molar-refractivity contribution in [1.29, 1.82) is 0 Å². The van der Waals surface area contributed by atoms with Gasteiger partial charge in [0.15, 0.2) is 0 Å². The lowest BCUT2D eigenvalue weighted by atomic mass is 9.94. The van der Waals surface area contributed by atoms with Crippen molar-refractivity contribution >= 4 is 10.9 Å². The Morgan fingerprint density at radius 2 is 1.86 bits per heavy atom. The number of aliphatic hydroxyl groups excluding tert-OH is 1. The smallest absolute Gasteiger partial charge is 0.104 e. The molecule has 0 radical (unpaired) electrons. The van der Waals surface area contributed by atoms with Crippen molar-refractivity contribution in [2.45, 2.75) is 24.9 Å². The number of aliphatic hydroxyl groups is 1. The van der Waals surface area contributed by atoms with Crippen LogP contribution in [0.15, 0.2) is 60.8 Å². The third-order valence-electron chi connectivity index (χ3n) is 4.25. The van der Waals surface area contributed by atoms with E-state index in [0.717, 1.165) is 22.0 Å². The predicted molar refractivity (Wildman–Crippen MR) is 84.2 cm³/mol. The summed E-state index contributed by atoms with van der Waals surface area (Å²) in [7, 11) is 0. The minimum atomic E-state index is -0.576. The number of rotatable bonds is 3. The maximum absolute atomic E-state index is 10.8. The van der Waals surface area contributed by atoms with Crippen molar-refractivity contribution in [3.63, 3.8) is 0 Å². The largest absolute Gasteiger partial charge is 0.384 e. The number of aromatic nitrogens is 1. The number of benzene rings is 2. The standard InChI is InChI=1S/C19H17NO/c21-19(17-6-2-1-5-16(17)13-7-8-13)15-10-9-14-4-3-11-20-18(14)12-15/h1-6,9-13,19,21H,7-8H2. The molecule has 3 aromatic rings. The van der Waals surface area contributed by atoms with Gasteiger partial charge in [0.2, 0.25) is 0 Å². The molecule has 21 heavy (non-hydrogen) atoms. The first-order valence-corrected chi connectivity index (χ1v) is 7.44. The number of nitrogens with zero attached hydrogens (tertiary/aromatic N) is 1. The lowest BCUT2D eigenvalue weighted by Gasteiger charge is -2.16. The van der Waals surface area contributed by atoms with E-state index in [2.05, 4.69) is 17.1 Å². The van der Waals surface area contributed by atoms with Gasteiger partial charge in [-0.05, 0) is 47.6 Å². The molecule has 2 aromatic carbocycles. The Bertz CT molecular complexity index is 792. The highest BCUT2D eigenvalue weighted by Crippen LogP contribution is 2.43. The molecular formula is C19H17NO. The summed E-state index contributed by atoms with van der Waals surface area (Å²) in [6.07, 6.45) is 3.69. The van der Waals surface area contributed by atoms with Crippen molar-refractivity contribution in [3.05, 3.63) is 77.5 Å². The van der Waals surface area contributed by atoms with Crippen LogP contribution in [0.2, 0.25) is 0 Å². The van der Waals surface area contributed by atoms with Gasteiger partial charge in [-0.3, -0.25) is 4.98 Å². The Hall–Kier alpha value is -2.19. The molecule has 1 aliphatic rings. The summed E-state index contributed by atoms with van der Waals surface area (Å²) in [5.74, 6) is 0.634. The first-order valence-electron chi connectivity index (χ1n) is 7.44. The molecular weight excluding hydrogens is 258 g/mol. The summed E-state index contributed by atoms with van der Waals surface area (Å²) in [5, 5.41) is 11.9. The molecule has 1 fully saturated rings. The van der Waals surface area contributed by atoms with Gasteiger partial charge in [-0.1, -0.05) is 42.5 Å². The molecule has 2 heteroatoms. The Morgan fingerprint density at radius 1 is 1.00 bits per heavy atom. The molecule has 1 unspecified atom stereocenters. The Labute approximate surface area is 124 Å². The Kier molecular flexibility index (Phi) is 2.97. The van der Waals surface area contributed by atoms with Crippen molar-refractivity contribution in [2.24, 2.45) is 0 Å². The molecule has 0 aliphatic heterocycles. The summed E-state index contributed by atoms with van der Waals surface area (Å²) in [5.41, 5.74) is 4.17. The summed E-state index contributed by atoms with van der Waals surface area (Å²) < 4.78 is 0. The number of hydrogen-bond acceptors (Lipinski definition) is 2. The average molecular weight is 275 g/mol. The second-order valence-corrected chi connectivity index (χ2v) is 5.76. The van der Waals surface area contributed by atoms with Gasteiger partial charge in [0.05, 0.1) is 5.52 Å². The Balaban J connectivity index is 1.77. The van der Waals surface area contributed by atoms with Crippen LogP contribution in [-0.2, 0) is 0 Å². The SMILES string of the molecule is OC(c1ccc2cccnc2c1)c1ccccc1C1CC1. The summed E-state index contributed by atoms with van der Waals surface area (Å²) in [4.78, 5) is 4.38. The quantitative estimate of drug-likeness (QED) is 0.777. The number of pyridine rings is 1. The van der Waals surface area contributed by atoms with E-state index in [0.29, 0.717) is 5.92 Å². The fourth-order valence-electron chi connectivity index (χ4n) is 2.96. The molecule has 1 aromatic heterocycles. The number of hydrogen-bond donors (Lipinski definition) is 1. The van der Waals surface area contributed by atoms with E-state index in [1.54, 1.807) is 6.20 Å². The summed E-state index contributed by atoms with van der Waals surface area (Å²) in [6.45, 7) is 0. The Morgan fingerprint density at radius 3 is 2.71 bits per heavy atom. The van der Waals surface area contributed by atoms with Crippen LogP contribution in [-0.4, -0.2) is 10.1 Å². The van der Waals surface area contributed by atoms with Crippen LogP contribution < -0.4 is 0 Å². The molecule has 1 heterocycles. The van der Waals surface area contributed by atoms with Gasteiger partial charge in [0, 0.05) is 11.6 Å². The highest BCUT2D eigenvalue weighted by molar-refractivity contribution is 5.79. The van der Waals surface area contributed by atoms with Crippen molar-refractivity contribution in [1.82, 2.24) is 4.98 Å². The fraction of sp³-hybridized carbons (Fsp3) is 0.211. The van der Waals surface area contributed by atoms with E-state index in [9.17, 15) is 5.11 Å². The fourth-order valence-corrected chi connectivity index (χ4v) is 2.96. The maximum atomic E-state index is 10.8. The second kappa shape index (κ2) is 4.97. The predicted octanol–water partition coefficient (Wildman–Crippen LogP) is 4.19. The monoisotopic (exact) mass is 275 g/mol. The zero-order chi connectivity index (χ0) is 14.2. The van der Waals surface area contributed by atoms with Crippen LogP contribution >= 0.6 is 0 Å². The lowest BCUT2D eigenvalue weighted by molar-refractivity contribution is 0.219. The van der Waals surface area contributed by atoms with E-state index in [-0.39, 0.29) is 0 Å². The molecule has 4 rings (SSSR count). The van der Waals surface area contributed by atoms with Crippen molar-refractivity contribution in [3.8, 4) is 0 Å². The maximum Gasteiger partial charge on any atom is 0.104 e. The molecule has 0 bridgehead atoms. The average Bonchev–Trinajstić information content (AvgIpc) is 3.38. The zero-order valence-corrected chi connectivity index (χ0v) is 11.7. The van der Waals surface area contributed by atoms with Crippen molar-refractivity contribution < 1.29 is 5.11 Å². The zero-order valence-electron chi connectivity index (χ0n) is 11.7. The summed E-state index contributed by atoms with van der Waals surface area (Å²) in [6, 6.07) is 18.2. The topological polar surface area (TPSA) is 33.1 Å². The first-order chi connectivity index (χ1) is 10.3. The van der Waals surface area contributed by atoms with Gasteiger partial charge >= 0.3 is 0 Å². The highest BCUT2D eigenvalue weighted by atomic mass is 16.3. The van der Waals surface area contributed by atoms with E-state index in [1.165, 1.54) is 18.4 Å². The molecule has 1 atom stereocenters. The first kappa shape index (κ1) is 12.5. The van der Waals surface area contributed by atoms with Gasteiger partial charge in [-0.2, -0.15) is 0 Å². The van der Waals surface area contributed by atoms with Crippen LogP contribution in [0, 0.1) is 0 Å². The van der Waals surface area contributed by atoms with Crippen LogP contribution in [0.5, 0.6) is 0 Å². The van der Waals surface area contributed by atoms with Gasteiger partial charge < -0.3 is 5.11 Å².